The van der Waals surface area contributed by atoms with Crippen molar-refractivity contribution in [3.05, 3.63) is 0 Å². The lowest BCUT2D eigenvalue weighted by atomic mass is 9.68. The fourth-order valence-electron chi connectivity index (χ4n) is 5.61. The summed E-state index contributed by atoms with van der Waals surface area (Å²) in [6, 6.07) is -0.903. The lowest BCUT2D eigenvalue weighted by molar-refractivity contribution is -0.176. The summed E-state index contributed by atoms with van der Waals surface area (Å²) in [6.45, 7) is 9.01. The predicted molar refractivity (Wildman–Crippen MR) is 98.1 cm³/mol. The second kappa shape index (κ2) is 6.77. The number of carbonyl (C=O) groups excluding carboxylic acids is 4. The van der Waals surface area contributed by atoms with E-state index in [2.05, 4.69) is 0 Å². The molecular weight excluding hydrogens is 382 g/mol. The van der Waals surface area contributed by atoms with Gasteiger partial charge in [0.05, 0.1) is 26.4 Å². The molecule has 2 aliphatic heterocycles. The first-order valence-corrected chi connectivity index (χ1v) is 9.75. The average Bonchev–Trinajstić information content (AvgIpc) is 2.95. The van der Waals surface area contributed by atoms with Crippen molar-refractivity contribution >= 4 is 23.7 Å². The molecule has 0 N–H and O–H groups in total. The summed E-state index contributed by atoms with van der Waals surface area (Å²) < 4.78 is 15.2. The van der Waals surface area contributed by atoms with E-state index in [9.17, 15) is 19.2 Å². The SMILES string of the molecule is COC(=O)C1(C(=O)OC)C[C@@H]2CON3[C@H](C(=O)C(=O)OC(C)(C)C)[C@@]23[C@@H]1C(C)C. The zero-order valence-corrected chi connectivity index (χ0v) is 17.9. The normalized spacial score (nSPS) is 34.2. The molecule has 9 nitrogen and oxygen atoms in total. The van der Waals surface area contributed by atoms with E-state index in [1.807, 2.05) is 13.8 Å². The van der Waals surface area contributed by atoms with Crippen LogP contribution in [0.4, 0.5) is 0 Å². The van der Waals surface area contributed by atoms with Crippen LogP contribution < -0.4 is 0 Å². The molecule has 2 heterocycles. The monoisotopic (exact) mass is 411 g/mol. The molecule has 3 fully saturated rings. The molecule has 3 aliphatic rings. The molecule has 0 amide bonds. The highest BCUT2D eigenvalue weighted by molar-refractivity contribution is 6.37. The van der Waals surface area contributed by atoms with Crippen LogP contribution in [0.5, 0.6) is 0 Å². The van der Waals surface area contributed by atoms with Gasteiger partial charge in [0.15, 0.2) is 5.41 Å². The summed E-state index contributed by atoms with van der Waals surface area (Å²) in [5.74, 6) is -4.20. The molecule has 0 aromatic carbocycles. The Morgan fingerprint density at radius 2 is 1.62 bits per heavy atom. The quantitative estimate of drug-likeness (QED) is 0.214. The van der Waals surface area contributed by atoms with Gasteiger partial charge in [-0.3, -0.25) is 19.2 Å². The fourth-order valence-corrected chi connectivity index (χ4v) is 5.61. The van der Waals surface area contributed by atoms with E-state index in [1.165, 1.54) is 19.3 Å². The van der Waals surface area contributed by atoms with Gasteiger partial charge in [0.25, 0.3) is 5.78 Å². The highest BCUT2D eigenvalue weighted by atomic mass is 16.7. The Morgan fingerprint density at radius 3 is 2.07 bits per heavy atom. The van der Waals surface area contributed by atoms with E-state index in [0.29, 0.717) is 0 Å². The van der Waals surface area contributed by atoms with Gasteiger partial charge in [-0.1, -0.05) is 13.8 Å². The highest BCUT2D eigenvalue weighted by Gasteiger charge is 2.87. The maximum absolute atomic E-state index is 13.0. The third-order valence-electron chi connectivity index (χ3n) is 6.27. The van der Waals surface area contributed by atoms with Gasteiger partial charge in [-0.05, 0) is 33.1 Å². The van der Waals surface area contributed by atoms with Crippen LogP contribution in [-0.4, -0.2) is 66.8 Å². The van der Waals surface area contributed by atoms with Crippen molar-refractivity contribution in [2.45, 2.75) is 58.2 Å². The van der Waals surface area contributed by atoms with Gasteiger partial charge in [0.1, 0.15) is 11.6 Å². The summed E-state index contributed by atoms with van der Waals surface area (Å²) in [6.07, 6.45) is 0.129. The first kappa shape index (κ1) is 21.7. The summed E-state index contributed by atoms with van der Waals surface area (Å²) >= 11 is 0. The van der Waals surface area contributed by atoms with Crippen LogP contribution in [0.1, 0.15) is 41.0 Å². The van der Waals surface area contributed by atoms with Gasteiger partial charge in [-0.2, -0.15) is 5.06 Å². The molecule has 1 spiro atoms. The number of carbonyl (C=O) groups is 4. The Bertz CT molecular complexity index is 738. The zero-order chi connectivity index (χ0) is 21.9. The van der Waals surface area contributed by atoms with E-state index >= 15 is 0 Å². The number of ether oxygens (including phenoxy) is 3. The summed E-state index contributed by atoms with van der Waals surface area (Å²) in [5.41, 5.74) is -3.32. The fraction of sp³-hybridized carbons (Fsp3) is 0.800. The number of rotatable bonds is 5. The number of Topliss-reactive ketones (excluding diaryl/α,β-unsaturated/α-hetero) is 1. The van der Waals surface area contributed by atoms with Gasteiger partial charge in [-0.15, -0.1) is 0 Å². The van der Waals surface area contributed by atoms with Crippen LogP contribution in [-0.2, 0) is 38.2 Å². The van der Waals surface area contributed by atoms with Crippen molar-refractivity contribution in [2.24, 2.45) is 23.2 Å². The van der Waals surface area contributed by atoms with Crippen LogP contribution in [0, 0.1) is 23.2 Å². The minimum Gasteiger partial charge on any atom is -0.468 e. The summed E-state index contributed by atoms with van der Waals surface area (Å²) in [7, 11) is 2.45. The van der Waals surface area contributed by atoms with E-state index in [-0.39, 0.29) is 24.9 Å². The van der Waals surface area contributed by atoms with Crippen LogP contribution >= 0.6 is 0 Å². The van der Waals surface area contributed by atoms with Crippen molar-refractivity contribution in [3.8, 4) is 0 Å². The number of methoxy groups -OCH3 is 2. The number of hydroxylamine groups is 2. The Morgan fingerprint density at radius 1 is 1.07 bits per heavy atom. The molecule has 0 radical (unpaired) electrons. The van der Waals surface area contributed by atoms with E-state index < -0.39 is 52.2 Å². The zero-order valence-electron chi connectivity index (χ0n) is 17.9. The third-order valence-corrected chi connectivity index (χ3v) is 6.27. The molecule has 3 rings (SSSR count). The van der Waals surface area contributed by atoms with E-state index in [4.69, 9.17) is 19.0 Å². The number of ketones is 1. The van der Waals surface area contributed by atoms with Gasteiger partial charge in [0.2, 0.25) is 0 Å². The molecule has 1 saturated carbocycles. The molecule has 29 heavy (non-hydrogen) atoms. The van der Waals surface area contributed by atoms with Crippen molar-refractivity contribution in [1.29, 1.82) is 0 Å². The average molecular weight is 411 g/mol. The van der Waals surface area contributed by atoms with Gasteiger partial charge in [-0.25, -0.2) is 4.79 Å². The van der Waals surface area contributed by atoms with Gasteiger partial charge < -0.3 is 14.2 Å². The van der Waals surface area contributed by atoms with Crippen LogP contribution in [0.2, 0.25) is 0 Å². The third kappa shape index (κ3) is 2.81. The first-order valence-electron chi connectivity index (χ1n) is 9.75. The van der Waals surface area contributed by atoms with Crippen LogP contribution in [0.3, 0.4) is 0 Å². The molecule has 9 heteroatoms. The lowest BCUT2D eigenvalue weighted by Gasteiger charge is -2.35. The Hall–Kier alpha value is -2.00. The Labute approximate surface area is 169 Å². The Kier molecular flexibility index (Phi) is 5.06. The van der Waals surface area contributed by atoms with Gasteiger partial charge >= 0.3 is 17.9 Å². The van der Waals surface area contributed by atoms with Crippen LogP contribution in [0.15, 0.2) is 0 Å². The number of esters is 3. The smallest absolute Gasteiger partial charge is 0.377 e. The molecule has 5 atom stereocenters. The molecule has 162 valence electrons. The minimum absolute atomic E-state index is 0.129. The van der Waals surface area contributed by atoms with Gasteiger partial charge in [0, 0.05) is 11.8 Å². The molecule has 0 bridgehead atoms. The maximum Gasteiger partial charge on any atom is 0.377 e. The molecule has 2 saturated heterocycles. The molecule has 1 aliphatic carbocycles. The second-order valence-electron chi connectivity index (χ2n) is 9.35. The predicted octanol–water partition coefficient (Wildman–Crippen LogP) is 0.890. The molecule has 0 aromatic rings. The van der Waals surface area contributed by atoms with Crippen molar-refractivity contribution in [2.75, 3.05) is 20.8 Å². The summed E-state index contributed by atoms with van der Waals surface area (Å²) in [5, 5.41) is 1.47. The summed E-state index contributed by atoms with van der Waals surface area (Å²) in [4.78, 5) is 56.9. The maximum atomic E-state index is 13.0. The number of nitrogens with zero attached hydrogens (tertiary/aromatic N) is 1. The number of hydrogen-bond donors (Lipinski definition) is 0. The first-order chi connectivity index (χ1) is 13.4. The van der Waals surface area contributed by atoms with Crippen molar-refractivity contribution in [3.63, 3.8) is 0 Å². The van der Waals surface area contributed by atoms with E-state index in [1.54, 1.807) is 20.8 Å². The molecule has 1 unspecified atom stereocenters. The lowest BCUT2D eigenvalue weighted by Crippen LogP contribution is -2.50. The number of hydrogen-bond acceptors (Lipinski definition) is 9. The molecule has 0 aromatic heterocycles. The van der Waals surface area contributed by atoms with E-state index in [0.717, 1.165) is 0 Å². The van der Waals surface area contributed by atoms with Crippen LogP contribution in [0.25, 0.3) is 0 Å². The largest absolute Gasteiger partial charge is 0.468 e. The van der Waals surface area contributed by atoms with Crippen molar-refractivity contribution < 1.29 is 38.2 Å². The minimum atomic E-state index is -1.56. The highest BCUT2D eigenvalue weighted by Crippen LogP contribution is 2.71. The topological polar surface area (TPSA) is 108 Å². The Balaban J connectivity index is 2.04. The second-order valence-corrected chi connectivity index (χ2v) is 9.35. The van der Waals surface area contributed by atoms with Crippen molar-refractivity contribution in [1.82, 2.24) is 5.06 Å². The standard InChI is InChI=1S/C20H29NO8/c1-10(2)13-19(16(24)26-6,17(25)27-7)8-11-9-28-21-14(20(11,13)21)12(22)15(23)29-18(3,4)5/h10-11,13-14H,8-9H2,1-7H3/t11-,13-,14-,20+,21?/m1/s1. The molecular formula is C20H29NO8.